The molecule has 1 aliphatic rings. The van der Waals surface area contributed by atoms with Crippen LogP contribution in [0.4, 0.5) is 13.2 Å². The zero-order valence-corrected chi connectivity index (χ0v) is 19.5. The van der Waals surface area contributed by atoms with Gasteiger partial charge >= 0.3 is 12.1 Å². The summed E-state index contributed by atoms with van der Waals surface area (Å²) in [6, 6.07) is 6.22. The molecule has 2 N–H and O–H groups in total. The molecule has 1 fully saturated rings. The van der Waals surface area contributed by atoms with Gasteiger partial charge in [-0.2, -0.15) is 18.4 Å². The van der Waals surface area contributed by atoms with Crippen molar-refractivity contribution < 1.29 is 35.9 Å². The predicted molar refractivity (Wildman–Crippen MR) is 116 cm³/mol. The lowest BCUT2D eigenvalue weighted by Gasteiger charge is -2.36. The summed E-state index contributed by atoms with van der Waals surface area (Å²) in [5, 5.41) is 12.4. The van der Waals surface area contributed by atoms with Gasteiger partial charge in [0.1, 0.15) is 6.07 Å². The topological polar surface area (TPSA) is 138 Å². The van der Waals surface area contributed by atoms with Crippen molar-refractivity contribution in [2.24, 2.45) is 5.92 Å². The molecule has 35 heavy (non-hydrogen) atoms. The van der Waals surface area contributed by atoms with Crippen LogP contribution in [0, 0.1) is 24.2 Å². The third kappa shape index (κ3) is 5.95. The van der Waals surface area contributed by atoms with Crippen molar-refractivity contribution in [3.63, 3.8) is 0 Å². The van der Waals surface area contributed by atoms with Gasteiger partial charge in [-0.3, -0.25) is 14.5 Å². The van der Waals surface area contributed by atoms with Crippen molar-refractivity contribution in [2.45, 2.75) is 31.8 Å². The molecule has 0 bridgehead atoms. The third-order valence-electron chi connectivity index (χ3n) is 5.32. The summed E-state index contributed by atoms with van der Waals surface area (Å²) in [7, 11) is -4.31. The van der Waals surface area contributed by atoms with E-state index in [1.807, 2.05) is 10.8 Å². The lowest BCUT2D eigenvalue weighted by atomic mass is 9.86. The van der Waals surface area contributed by atoms with Crippen LogP contribution in [0.25, 0.3) is 0 Å². The molecule has 13 heteroatoms. The lowest BCUT2D eigenvalue weighted by Crippen LogP contribution is -2.54. The zero-order chi connectivity index (χ0) is 26.0. The fourth-order valence-corrected chi connectivity index (χ4v) is 4.72. The van der Waals surface area contributed by atoms with Gasteiger partial charge in [-0.15, -0.1) is 0 Å². The highest BCUT2D eigenvalue weighted by atomic mass is 32.2. The maximum Gasteiger partial charge on any atom is 0.416 e. The summed E-state index contributed by atoms with van der Waals surface area (Å²) in [6.45, 7) is 3.37. The highest BCUT2D eigenvalue weighted by molar-refractivity contribution is 7.89. The summed E-state index contributed by atoms with van der Waals surface area (Å²) < 4.78 is 70.4. The molecule has 2 heterocycles. The van der Waals surface area contributed by atoms with E-state index < -0.39 is 51.4 Å². The van der Waals surface area contributed by atoms with Crippen LogP contribution in [0.1, 0.15) is 51.4 Å². The number of hydrogen-bond donors (Lipinski definition) is 2. The van der Waals surface area contributed by atoms with Gasteiger partial charge in [0.25, 0.3) is 0 Å². The number of carbonyl (C=O) groups is 2. The van der Waals surface area contributed by atoms with Crippen molar-refractivity contribution in [1.82, 2.24) is 15.0 Å². The Kier molecular flexibility index (Phi) is 7.47. The number of halogens is 3. The van der Waals surface area contributed by atoms with Crippen LogP contribution in [0.15, 0.2) is 30.3 Å². The molecule has 2 aromatic rings. The number of sulfonamides is 1. The molecule has 2 unspecified atom stereocenters. The van der Waals surface area contributed by atoms with Gasteiger partial charge in [0.15, 0.2) is 0 Å². The van der Waals surface area contributed by atoms with E-state index in [0.717, 1.165) is 12.1 Å². The number of amides is 1. The number of nitrogens with zero attached hydrogens (tertiary/aromatic N) is 2. The number of benzene rings is 1. The molecule has 0 saturated carbocycles. The van der Waals surface area contributed by atoms with Crippen LogP contribution in [0.5, 0.6) is 0 Å². The van der Waals surface area contributed by atoms with Crippen molar-refractivity contribution >= 4 is 21.9 Å². The van der Waals surface area contributed by atoms with Crippen LogP contribution < -0.4 is 10.0 Å². The Morgan fingerprint density at radius 2 is 2.03 bits per heavy atom. The Morgan fingerprint density at radius 1 is 1.31 bits per heavy atom. The normalized spacial score (nSPS) is 17.7. The van der Waals surface area contributed by atoms with Crippen molar-refractivity contribution in [1.29, 1.82) is 5.26 Å². The predicted octanol–water partition coefficient (Wildman–Crippen LogP) is 2.36. The number of nitriles is 1. The summed E-state index contributed by atoms with van der Waals surface area (Å²) in [5.41, 5.74) is -0.600. The summed E-state index contributed by atoms with van der Waals surface area (Å²) in [4.78, 5) is 29.0. The van der Waals surface area contributed by atoms with E-state index in [9.17, 15) is 36.4 Å². The average molecular weight is 510 g/mol. The smallest absolute Gasteiger partial charge is 0.416 e. The van der Waals surface area contributed by atoms with Gasteiger partial charge in [0.2, 0.25) is 15.9 Å². The van der Waals surface area contributed by atoms with E-state index in [1.165, 1.54) is 19.1 Å². The summed E-state index contributed by atoms with van der Waals surface area (Å²) in [5.74, 6) is -3.29. The molecule has 0 aliphatic carbocycles. The minimum Gasteiger partial charge on any atom is -0.462 e. The van der Waals surface area contributed by atoms with Crippen LogP contribution in [0.2, 0.25) is 0 Å². The fraction of sp³-hybridized carbons (Fsp3) is 0.364. The second-order valence-corrected chi connectivity index (χ2v) is 9.52. The second kappa shape index (κ2) is 10.0. The molecular weight excluding hydrogens is 489 g/mol. The first kappa shape index (κ1) is 26.1. The number of pyridine rings is 1. The Morgan fingerprint density at radius 3 is 2.60 bits per heavy atom. The molecule has 1 aromatic carbocycles. The van der Waals surface area contributed by atoms with E-state index in [0.29, 0.717) is 6.07 Å². The van der Waals surface area contributed by atoms with Gasteiger partial charge in [-0.05, 0) is 31.5 Å². The number of aryl methyl sites for hydroxylation is 1. The van der Waals surface area contributed by atoms with Gasteiger partial charge in [-0.1, -0.05) is 18.2 Å². The van der Waals surface area contributed by atoms with Crippen molar-refractivity contribution in [3.8, 4) is 6.07 Å². The van der Waals surface area contributed by atoms with Crippen LogP contribution >= 0.6 is 0 Å². The van der Waals surface area contributed by atoms with Gasteiger partial charge < -0.3 is 10.1 Å². The number of alkyl halides is 3. The SMILES string of the molecule is CCOC(=O)c1cc(C#N)c(C2NCC2C(=O)NS(=O)(=O)Cc2cccc(C(F)(F)F)c2)nc1C. The molecular formula is C22H21F3N4O5S. The molecule has 1 aliphatic heterocycles. The van der Waals surface area contributed by atoms with Crippen molar-refractivity contribution in [3.05, 3.63) is 64.0 Å². The minimum absolute atomic E-state index is 0.0143. The quantitative estimate of drug-likeness (QED) is 0.542. The zero-order valence-electron chi connectivity index (χ0n) is 18.6. The van der Waals surface area contributed by atoms with E-state index in [1.54, 1.807) is 6.92 Å². The molecule has 0 spiro atoms. The summed E-state index contributed by atoms with van der Waals surface area (Å²) >= 11 is 0. The first-order valence-electron chi connectivity index (χ1n) is 10.4. The number of hydrogen-bond acceptors (Lipinski definition) is 8. The lowest BCUT2D eigenvalue weighted by molar-refractivity contribution is -0.137. The van der Waals surface area contributed by atoms with E-state index in [4.69, 9.17) is 4.74 Å². The fourth-order valence-electron chi connectivity index (χ4n) is 3.57. The Labute approximate surface area is 199 Å². The van der Waals surface area contributed by atoms with Crippen LogP contribution in [-0.2, 0) is 31.5 Å². The van der Waals surface area contributed by atoms with E-state index in [-0.39, 0.29) is 41.2 Å². The molecule has 3 rings (SSSR count). The highest BCUT2D eigenvalue weighted by Crippen LogP contribution is 2.32. The van der Waals surface area contributed by atoms with Crippen molar-refractivity contribution in [2.75, 3.05) is 13.2 Å². The number of nitrogens with one attached hydrogen (secondary N) is 2. The average Bonchev–Trinajstić information content (AvgIpc) is 2.72. The minimum atomic E-state index is -4.64. The molecule has 2 atom stereocenters. The highest BCUT2D eigenvalue weighted by Gasteiger charge is 2.41. The van der Waals surface area contributed by atoms with E-state index >= 15 is 0 Å². The number of carbonyl (C=O) groups excluding carboxylic acids is 2. The molecule has 1 amide bonds. The summed E-state index contributed by atoms with van der Waals surface area (Å²) in [6.07, 6.45) is -4.64. The monoisotopic (exact) mass is 510 g/mol. The largest absolute Gasteiger partial charge is 0.462 e. The second-order valence-electron chi connectivity index (χ2n) is 7.80. The molecule has 1 saturated heterocycles. The standard InChI is InChI=1S/C22H21F3N4O5S/c1-3-34-21(31)16-8-14(9-26)18(28-12(16)2)19-17(10-27-19)20(30)29-35(32,33)11-13-5-4-6-15(7-13)22(23,24)25/h4-8,17,19,27H,3,10-11H2,1-2H3,(H,29,30). The van der Waals surface area contributed by atoms with Gasteiger partial charge in [0.05, 0.1) is 52.4 Å². The van der Waals surface area contributed by atoms with Crippen LogP contribution in [-0.4, -0.2) is 38.4 Å². The Hall–Kier alpha value is -3.50. The Bertz CT molecular complexity index is 1310. The Balaban J connectivity index is 1.77. The number of esters is 1. The number of aromatic nitrogens is 1. The molecule has 0 radical (unpaired) electrons. The molecule has 1 aromatic heterocycles. The first-order chi connectivity index (χ1) is 16.4. The van der Waals surface area contributed by atoms with E-state index in [2.05, 4.69) is 10.3 Å². The maximum atomic E-state index is 12.9. The van der Waals surface area contributed by atoms with Gasteiger partial charge in [-0.25, -0.2) is 13.2 Å². The third-order valence-corrected chi connectivity index (χ3v) is 6.54. The molecule has 9 nitrogen and oxygen atoms in total. The maximum absolute atomic E-state index is 12.9. The van der Waals surface area contributed by atoms with Crippen LogP contribution in [0.3, 0.4) is 0 Å². The number of ether oxygens (including phenoxy) is 1. The molecule has 186 valence electrons. The first-order valence-corrected chi connectivity index (χ1v) is 12.0. The van der Waals surface area contributed by atoms with Gasteiger partial charge in [0, 0.05) is 6.54 Å². The number of rotatable bonds is 7.